The number of hydrogen-bond donors (Lipinski definition) is 1. The average molecular weight is 352 g/mol. The van der Waals surface area contributed by atoms with Crippen molar-refractivity contribution in [1.82, 2.24) is 14.1 Å². The van der Waals surface area contributed by atoms with Crippen molar-refractivity contribution in [2.45, 2.75) is 6.54 Å². The van der Waals surface area contributed by atoms with Gasteiger partial charge in [0.1, 0.15) is 5.82 Å². The first-order valence-electron chi connectivity index (χ1n) is 7.51. The minimum atomic E-state index is -0.305. The van der Waals surface area contributed by atoms with Gasteiger partial charge in [-0.2, -0.15) is 4.37 Å². The number of morpholine rings is 1. The third-order valence-electron chi connectivity index (χ3n) is 3.50. The summed E-state index contributed by atoms with van der Waals surface area (Å²) in [4.78, 5) is 13.9. The second-order valence-corrected chi connectivity index (χ2v) is 5.71. The number of amides is 1. The zero-order valence-corrected chi connectivity index (χ0v) is 13.7. The fraction of sp³-hybridized carbons (Fsp3) is 0.400. The van der Waals surface area contributed by atoms with Gasteiger partial charge in [-0.3, -0.25) is 4.79 Å². The molecule has 128 valence electrons. The van der Waals surface area contributed by atoms with Gasteiger partial charge >= 0.3 is 0 Å². The molecule has 0 radical (unpaired) electrons. The van der Waals surface area contributed by atoms with Crippen molar-refractivity contribution < 1.29 is 18.7 Å². The van der Waals surface area contributed by atoms with Gasteiger partial charge in [0, 0.05) is 19.6 Å². The highest BCUT2D eigenvalue weighted by Gasteiger charge is 2.20. The second kappa shape index (κ2) is 8.02. The number of carbonyl (C=O) groups is 1. The van der Waals surface area contributed by atoms with E-state index >= 15 is 0 Å². The fourth-order valence-electron chi connectivity index (χ4n) is 2.22. The van der Waals surface area contributed by atoms with Crippen molar-refractivity contribution in [1.29, 1.82) is 0 Å². The lowest BCUT2D eigenvalue weighted by atomic mass is 10.2. The summed E-state index contributed by atoms with van der Waals surface area (Å²) < 4.78 is 31.9. The van der Waals surface area contributed by atoms with E-state index in [1.807, 2.05) is 4.90 Å². The molecule has 0 aliphatic carbocycles. The van der Waals surface area contributed by atoms with Crippen LogP contribution in [-0.2, 0) is 16.1 Å². The van der Waals surface area contributed by atoms with Crippen LogP contribution in [0.5, 0.6) is 5.88 Å². The molecule has 1 aliphatic rings. The maximum absolute atomic E-state index is 12.8. The van der Waals surface area contributed by atoms with Gasteiger partial charge in [-0.1, -0.05) is 12.1 Å². The number of halogens is 1. The summed E-state index contributed by atoms with van der Waals surface area (Å²) in [5, 5.41) is 2.72. The Hall–Kier alpha value is -2.26. The van der Waals surface area contributed by atoms with Gasteiger partial charge in [-0.15, -0.1) is 4.37 Å². The summed E-state index contributed by atoms with van der Waals surface area (Å²) in [5.74, 6) is 0.425. The molecule has 1 aliphatic heterocycles. The maximum atomic E-state index is 12.8. The third-order valence-corrected chi connectivity index (χ3v) is 4.00. The van der Waals surface area contributed by atoms with Crippen molar-refractivity contribution in [3.63, 3.8) is 0 Å². The highest BCUT2D eigenvalue weighted by atomic mass is 32.1. The Labute approximate surface area is 142 Å². The lowest BCUT2D eigenvalue weighted by molar-refractivity contribution is -0.123. The lowest BCUT2D eigenvalue weighted by Crippen LogP contribution is -2.37. The van der Waals surface area contributed by atoms with Crippen LogP contribution < -0.4 is 15.0 Å². The van der Waals surface area contributed by atoms with Gasteiger partial charge in [0.25, 0.3) is 11.8 Å². The summed E-state index contributed by atoms with van der Waals surface area (Å²) in [7, 11) is 0. The molecular weight excluding hydrogens is 335 g/mol. The van der Waals surface area contributed by atoms with Crippen LogP contribution >= 0.6 is 11.7 Å². The third kappa shape index (κ3) is 4.39. The van der Waals surface area contributed by atoms with Gasteiger partial charge in [0.05, 0.1) is 24.9 Å². The molecule has 2 heterocycles. The molecule has 2 aromatic rings. The Morgan fingerprint density at radius 1 is 1.29 bits per heavy atom. The minimum Gasteiger partial charge on any atom is -0.464 e. The number of ether oxygens (including phenoxy) is 2. The van der Waals surface area contributed by atoms with Crippen LogP contribution in [0.4, 0.5) is 10.2 Å². The van der Waals surface area contributed by atoms with Gasteiger partial charge < -0.3 is 19.7 Å². The van der Waals surface area contributed by atoms with E-state index in [0.717, 1.165) is 30.4 Å². The van der Waals surface area contributed by atoms with Crippen molar-refractivity contribution >= 4 is 23.5 Å². The summed E-state index contributed by atoms with van der Waals surface area (Å²) in [6, 6.07) is 5.95. The molecule has 0 saturated carbocycles. The van der Waals surface area contributed by atoms with E-state index < -0.39 is 0 Å². The van der Waals surface area contributed by atoms with Crippen LogP contribution in [0.3, 0.4) is 0 Å². The molecule has 0 unspecified atom stereocenters. The van der Waals surface area contributed by atoms with Crippen molar-refractivity contribution in [3.8, 4) is 5.88 Å². The normalized spacial score (nSPS) is 14.5. The first-order chi connectivity index (χ1) is 11.7. The zero-order chi connectivity index (χ0) is 16.8. The van der Waals surface area contributed by atoms with E-state index in [0.29, 0.717) is 31.5 Å². The number of aromatic nitrogens is 2. The Kier molecular flexibility index (Phi) is 5.55. The molecule has 1 amide bonds. The molecule has 1 saturated heterocycles. The molecular formula is C15H17FN4O3S. The SMILES string of the molecule is O=C(COc1nsnc1N1CCOCC1)NCc1ccc(F)cc1. The van der Waals surface area contributed by atoms with E-state index in [1.54, 1.807) is 12.1 Å². The van der Waals surface area contributed by atoms with E-state index in [1.165, 1.54) is 12.1 Å². The average Bonchev–Trinajstić information content (AvgIpc) is 3.09. The van der Waals surface area contributed by atoms with E-state index in [-0.39, 0.29) is 18.3 Å². The molecule has 7 nitrogen and oxygen atoms in total. The summed E-state index contributed by atoms with van der Waals surface area (Å²) >= 11 is 1.05. The van der Waals surface area contributed by atoms with E-state index in [9.17, 15) is 9.18 Å². The molecule has 24 heavy (non-hydrogen) atoms. The number of rotatable bonds is 6. The lowest BCUT2D eigenvalue weighted by Gasteiger charge is -2.26. The van der Waals surface area contributed by atoms with E-state index in [2.05, 4.69) is 14.1 Å². The molecule has 9 heteroatoms. The quantitative estimate of drug-likeness (QED) is 0.842. The molecule has 1 aromatic heterocycles. The molecule has 3 rings (SSSR count). The van der Waals surface area contributed by atoms with Crippen molar-refractivity contribution in [2.75, 3.05) is 37.8 Å². The topological polar surface area (TPSA) is 76.6 Å². The number of carbonyl (C=O) groups excluding carboxylic acids is 1. The molecule has 1 N–H and O–H groups in total. The number of nitrogens with one attached hydrogen (secondary N) is 1. The van der Waals surface area contributed by atoms with Crippen LogP contribution in [0.2, 0.25) is 0 Å². The fourth-order valence-corrected chi connectivity index (χ4v) is 2.74. The Morgan fingerprint density at radius 2 is 2.04 bits per heavy atom. The zero-order valence-electron chi connectivity index (χ0n) is 12.9. The summed E-state index contributed by atoms with van der Waals surface area (Å²) in [6.07, 6.45) is 0. The van der Waals surface area contributed by atoms with Crippen LogP contribution in [0, 0.1) is 5.82 Å². The van der Waals surface area contributed by atoms with Gasteiger partial charge in [-0.05, 0) is 17.7 Å². The molecule has 1 fully saturated rings. The van der Waals surface area contributed by atoms with Crippen LogP contribution in [0.15, 0.2) is 24.3 Å². The Bertz CT molecular complexity index is 674. The summed E-state index contributed by atoms with van der Waals surface area (Å²) in [6.45, 7) is 2.87. The Balaban J connectivity index is 1.48. The monoisotopic (exact) mass is 352 g/mol. The highest BCUT2D eigenvalue weighted by Crippen LogP contribution is 2.26. The first-order valence-corrected chi connectivity index (χ1v) is 8.24. The molecule has 1 aromatic carbocycles. The number of nitrogens with zero attached hydrogens (tertiary/aromatic N) is 3. The number of benzene rings is 1. The van der Waals surface area contributed by atoms with Crippen molar-refractivity contribution in [3.05, 3.63) is 35.6 Å². The van der Waals surface area contributed by atoms with Crippen molar-refractivity contribution in [2.24, 2.45) is 0 Å². The molecule has 0 bridgehead atoms. The second-order valence-electron chi connectivity index (χ2n) is 5.18. The molecule has 0 atom stereocenters. The smallest absolute Gasteiger partial charge is 0.271 e. The van der Waals surface area contributed by atoms with E-state index in [4.69, 9.17) is 9.47 Å². The van der Waals surface area contributed by atoms with Crippen LogP contribution in [0.1, 0.15) is 5.56 Å². The predicted octanol–water partition coefficient (Wildman–Crippen LogP) is 1.21. The van der Waals surface area contributed by atoms with Gasteiger partial charge in [0.15, 0.2) is 6.61 Å². The Morgan fingerprint density at radius 3 is 2.79 bits per heavy atom. The summed E-state index contributed by atoms with van der Waals surface area (Å²) in [5.41, 5.74) is 0.814. The minimum absolute atomic E-state index is 0.149. The van der Waals surface area contributed by atoms with Crippen LogP contribution in [-0.4, -0.2) is 47.6 Å². The standard InChI is InChI=1S/C15H17FN4O3S/c16-12-3-1-11(2-4-12)9-17-13(21)10-23-15-14(18-24-19-15)20-5-7-22-8-6-20/h1-4H,5-10H2,(H,17,21). The predicted molar refractivity (Wildman–Crippen MR) is 86.7 cm³/mol. The number of hydrogen-bond acceptors (Lipinski definition) is 7. The molecule has 0 spiro atoms. The number of anilines is 1. The first kappa shape index (κ1) is 16.6. The van der Waals surface area contributed by atoms with Gasteiger partial charge in [-0.25, -0.2) is 4.39 Å². The van der Waals surface area contributed by atoms with Gasteiger partial charge in [0.2, 0.25) is 5.82 Å². The largest absolute Gasteiger partial charge is 0.464 e. The van der Waals surface area contributed by atoms with Crippen LogP contribution in [0.25, 0.3) is 0 Å². The highest BCUT2D eigenvalue weighted by molar-refractivity contribution is 6.99. The maximum Gasteiger partial charge on any atom is 0.271 e.